The molecule has 0 spiro atoms. The van der Waals surface area contributed by atoms with Crippen LogP contribution in [-0.4, -0.2) is 28.9 Å². The maximum absolute atomic E-state index is 11.2. The average molecular weight is 237 g/mol. The molecular formula is C13H19NO3. The molecule has 2 heterocycles. The highest BCUT2D eigenvalue weighted by molar-refractivity contribution is 5.89. The number of carboxylic acids is 1. The molecule has 4 heteroatoms. The van der Waals surface area contributed by atoms with Crippen LogP contribution < -0.4 is 0 Å². The predicted octanol–water partition coefficient (Wildman–Crippen LogP) is 2.66. The second kappa shape index (κ2) is 4.92. The quantitative estimate of drug-likeness (QED) is 0.879. The van der Waals surface area contributed by atoms with Gasteiger partial charge in [-0.25, -0.2) is 4.79 Å². The second-order valence-electron chi connectivity index (χ2n) is 4.83. The van der Waals surface area contributed by atoms with Gasteiger partial charge in [0.05, 0.1) is 5.56 Å². The molecule has 17 heavy (non-hydrogen) atoms. The topological polar surface area (TPSA) is 51.5 Å². The van der Waals surface area contributed by atoms with E-state index in [0.29, 0.717) is 11.6 Å². The van der Waals surface area contributed by atoms with Crippen LogP contribution in [0.5, 0.6) is 0 Å². The molecule has 0 unspecified atom stereocenters. The molecule has 1 aromatic heterocycles. The fourth-order valence-corrected chi connectivity index (χ4v) is 2.53. The Kier molecular flexibility index (Phi) is 3.52. The number of hydrogen-bond donors (Lipinski definition) is 1. The van der Waals surface area contributed by atoms with Gasteiger partial charge in [0.2, 0.25) is 0 Å². The van der Waals surface area contributed by atoms with Gasteiger partial charge in [-0.3, -0.25) is 0 Å². The molecule has 0 saturated carbocycles. The third-order valence-corrected chi connectivity index (χ3v) is 3.32. The molecule has 0 aromatic carbocycles. The Morgan fingerprint density at radius 2 is 2.12 bits per heavy atom. The fourth-order valence-electron chi connectivity index (χ4n) is 2.53. The number of ether oxygens (including phenoxy) is 1. The van der Waals surface area contributed by atoms with Crippen molar-refractivity contribution in [3.05, 3.63) is 23.5 Å². The monoisotopic (exact) mass is 237 g/mol. The van der Waals surface area contributed by atoms with E-state index in [1.807, 2.05) is 20.0 Å². The highest BCUT2D eigenvalue weighted by atomic mass is 16.5. The highest BCUT2D eigenvalue weighted by Gasteiger charge is 2.23. The summed E-state index contributed by atoms with van der Waals surface area (Å²) in [5.41, 5.74) is 1.37. The zero-order valence-electron chi connectivity index (χ0n) is 10.3. The van der Waals surface area contributed by atoms with Gasteiger partial charge in [-0.2, -0.15) is 0 Å². The van der Waals surface area contributed by atoms with E-state index in [1.54, 1.807) is 6.07 Å². The van der Waals surface area contributed by atoms with E-state index >= 15 is 0 Å². The van der Waals surface area contributed by atoms with Crippen molar-refractivity contribution in [2.24, 2.45) is 0 Å². The van der Waals surface area contributed by atoms with Crippen LogP contribution in [0.4, 0.5) is 0 Å². The van der Waals surface area contributed by atoms with Gasteiger partial charge in [0, 0.05) is 31.1 Å². The van der Waals surface area contributed by atoms with E-state index in [0.717, 1.165) is 31.7 Å². The standard InChI is InChI=1S/C13H19NO3/c1-9(2)12-11(13(15)16)3-6-14(12)10-4-7-17-8-5-10/h3,6,9-10H,4-5,7-8H2,1-2H3,(H,15,16). The van der Waals surface area contributed by atoms with Crippen molar-refractivity contribution in [2.45, 2.75) is 38.6 Å². The minimum atomic E-state index is -0.834. The zero-order valence-corrected chi connectivity index (χ0v) is 10.3. The Balaban J connectivity index is 2.35. The Hall–Kier alpha value is -1.29. The van der Waals surface area contributed by atoms with Crippen molar-refractivity contribution in [3.8, 4) is 0 Å². The first-order chi connectivity index (χ1) is 8.11. The molecule has 2 rings (SSSR count). The van der Waals surface area contributed by atoms with E-state index < -0.39 is 5.97 Å². The van der Waals surface area contributed by atoms with Crippen molar-refractivity contribution in [2.75, 3.05) is 13.2 Å². The van der Waals surface area contributed by atoms with E-state index in [4.69, 9.17) is 4.74 Å². The number of carbonyl (C=O) groups is 1. The molecule has 0 aliphatic carbocycles. The molecule has 4 nitrogen and oxygen atoms in total. The third kappa shape index (κ3) is 2.36. The molecular weight excluding hydrogens is 218 g/mol. The molecule has 1 aliphatic heterocycles. The summed E-state index contributed by atoms with van der Waals surface area (Å²) in [5, 5.41) is 9.19. The summed E-state index contributed by atoms with van der Waals surface area (Å²) >= 11 is 0. The van der Waals surface area contributed by atoms with Crippen molar-refractivity contribution in [1.29, 1.82) is 0 Å². The first-order valence-electron chi connectivity index (χ1n) is 6.13. The van der Waals surface area contributed by atoms with E-state index in [9.17, 15) is 9.90 Å². The van der Waals surface area contributed by atoms with Crippen LogP contribution in [0.25, 0.3) is 0 Å². The highest BCUT2D eigenvalue weighted by Crippen LogP contribution is 2.29. The number of aromatic nitrogens is 1. The lowest BCUT2D eigenvalue weighted by molar-refractivity contribution is 0.0675. The minimum absolute atomic E-state index is 0.221. The fraction of sp³-hybridized carbons (Fsp3) is 0.615. The average Bonchev–Trinajstić information content (AvgIpc) is 2.74. The van der Waals surface area contributed by atoms with Gasteiger partial charge >= 0.3 is 5.97 Å². The van der Waals surface area contributed by atoms with Crippen LogP contribution in [0, 0.1) is 0 Å². The predicted molar refractivity (Wildman–Crippen MR) is 64.6 cm³/mol. The summed E-state index contributed by atoms with van der Waals surface area (Å²) in [6.45, 7) is 5.61. The maximum atomic E-state index is 11.2. The van der Waals surface area contributed by atoms with Gasteiger partial charge in [-0.1, -0.05) is 13.8 Å². The lowest BCUT2D eigenvalue weighted by Crippen LogP contribution is -2.21. The number of aromatic carboxylic acids is 1. The van der Waals surface area contributed by atoms with Crippen molar-refractivity contribution < 1.29 is 14.6 Å². The normalized spacial score (nSPS) is 17.6. The maximum Gasteiger partial charge on any atom is 0.337 e. The van der Waals surface area contributed by atoms with E-state index in [2.05, 4.69) is 4.57 Å². The first-order valence-corrected chi connectivity index (χ1v) is 6.13. The van der Waals surface area contributed by atoms with Gasteiger partial charge in [-0.05, 0) is 24.8 Å². The van der Waals surface area contributed by atoms with Gasteiger partial charge < -0.3 is 14.4 Å². The summed E-state index contributed by atoms with van der Waals surface area (Å²) in [7, 11) is 0. The summed E-state index contributed by atoms with van der Waals surface area (Å²) in [6.07, 6.45) is 3.84. The minimum Gasteiger partial charge on any atom is -0.478 e. The summed E-state index contributed by atoms with van der Waals surface area (Å²) in [5.74, 6) is -0.613. The number of nitrogens with zero attached hydrogens (tertiary/aromatic N) is 1. The Morgan fingerprint density at radius 1 is 1.47 bits per heavy atom. The summed E-state index contributed by atoms with van der Waals surface area (Å²) < 4.78 is 7.48. The van der Waals surface area contributed by atoms with Crippen molar-refractivity contribution >= 4 is 5.97 Å². The Bertz CT molecular complexity index is 403. The van der Waals surface area contributed by atoms with Crippen LogP contribution in [0.15, 0.2) is 12.3 Å². The van der Waals surface area contributed by atoms with E-state index in [1.165, 1.54) is 0 Å². The molecule has 0 radical (unpaired) electrons. The van der Waals surface area contributed by atoms with Gasteiger partial charge in [0.1, 0.15) is 0 Å². The van der Waals surface area contributed by atoms with Crippen LogP contribution in [0.2, 0.25) is 0 Å². The number of hydrogen-bond acceptors (Lipinski definition) is 2. The van der Waals surface area contributed by atoms with Gasteiger partial charge in [-0.15, -0.1) is 0 Å². The van der Waals surface area contributed by atoms with Crippen LogP contribution in [-0.2, 0) is 4.74 Å². The molecule has 1 saturated heterocycles. The molecule has 0 amide bonds. The largest absolute Gasteiger partial charge is 0.478 e. The van der Waals surface area contributed by atoms with Gasteiger partial charge in [0.25, 0.3) is 0 Å². The molecule has 0 atom stereocenters. The molecule has 94 valence electrons. The number of rotatable bonds is 3. The molecule has 1 aromatic rings. The first kappa shape index (κ1) is 12.2. The molecule has 1 aliphatic rings. The number of carboxylic acid groups (broad SMARTS) is 1. The van der Waals surface area contributed by atoms with E-state index in [-0.39, 0.29) is 5.92 Å². The second-order valence-corrected chi connectivity index (χ2v) is 4.83. The summed E-state index contributed by atoms with van der Waals surface area (Å²) in [6, 6.07) is 2.10. The van der Waals surface area contributed by atoms with Crippen molar-refractivity contribution in [1.82, 2.24) is 4.57 Å². The zero-order chi connectivity index (χ0) is 12.4. The van der Waals surface area contributed by atoms with Crippen molar-refractivity contribution in [3.63, 3.8) is 0 Å². The molecule has 1 N–H and O–H groups in total. The van der Waals surface area contributed by atoms with Crippen LogP contribution in [0.3, 0.4) is 0 Å². The third-order valence-electron chi connectivity index (χ3n) is 3.32. The van der Waals surface area contributed by atoms with Gasteiger partial charge in [0.15, 0.2) is 0 Å². The molecule has 0 bridgehead atoms. The summed E-state index contributed by atoms with van der Waals surface area (Å²) in [4.78, 5) is 11.2. The SMILES string of the molecule is CC(C)c1c(C(=O)O)ccn1C1CCOCC1. The lowest BCUT2D eigenvalue weighted by atomic mass is 10.0. The smallest absolute Gasteiger partial charge is 0.337 e. The Morgan fingerprint density at radius 3 is 2.65 bits per heavy atom. The van der Waals surface area contributed by atoms with Crippen LogP contribution >= 0.6 is 0 Å². The molecule has 1 fully saturated rings. The lowest BCUT2D eigenvalue weighted by Gasteiger charge is -2.27. The Labute approximate surface area is 101 Å². The van der Waals surface area contributed by atoms with Crippen LogP contribution in [0.1, 0.15) is 54.7 Å².